The van der Waals surface area contributed by atoms with E-state index in [1.807, 2.05) is 12.2 Å². The number of hydrogen-bond acceptors (Lipinski definition) is 2. The molecule has 1 unspecified atom stereocenters. The van der Waals surface area contributed by atoms with Gasteiger partial charge < -0.3 is 0 Å². The lowest BCUT2D eigenvalue weighted by atomic mass is 9.96. The van der Waals surface area contributed by atoms with Gasteiger partial charge in [0.15, 0.2) is 0 Å². The van der Waals surface area contributed by atoms with Gasteiger partial charge in [0.05, 0.1) is 6.07 Å². The molecule has 0 aromatic rings. The summed E-state index contributed by atoms with van der Waals surface area (Å²) in [5.41, 5.74) is 1.28. The molecule has 0 bridgehead atoms. The van der Waals surface area contributed by atoms with Crippen molar-refractivity contribution in [1.29, 1.82) is 5.26 Å². The third-order valence-corrected chi connectivity index (χ3v) is 3.40. The van der Waals surface area contributed by atoms with Crippen molar-refractivity contribution in [2.24, 2.45) is 0 Å². The summed E-state index contributed by atoms with van der Waals surface area (Å²) in [4.78, 5) is 2.32. The van der Waals surface area contributed by atoms with Crippen LogP contribution in [0.15, 0.2) is 37.0 Å². The predicted molar refractivity (Wildman–Crippen MR) is 77.2 cm³/mol. The van der Waals surface area contributed by atoms with Gasteiger partial charge in [0.1, 0.15) is 6.04 Å². The van der Waals surface area contributed by atoms with Gasteiger partial charge in [-0.1, -0.05) is 18.2 Å². The van der Waals surface area contributed by atoms with Gasteiger partial charge in [-0.15, -0.1) is 13.2 Å². The summed E-state index contributed by atoms with van der Waals surface area (Å²) in [5, 5.41) is 9.36. The smallest absolute Gasteiger partial charge is 0.119 e. The van der Waals surface area contributed by atoms with E-state index < -0.39 is 0 Å². The fourth-order valence-electron chi connectivity index (χ4n) is 2.41. The van der Waals surface area contributed by atoms with Gasteiger partial charge in [0, 0.05) is 6.54 Å². The molecule has 0 spiro atoms. The summed E-state index contributed by atoms with van der Waals surface area (Å²) in [5.74, 6) is 0. The molecule has 0 aromatic carbocycles. The second kappa shape index (κ2) is 8.72. The summed E-state index contributed by atoms with van der Waals surface area (Å²) in [6.07, 6.45) is 12.6. The fraction of sp³-hybridized carbons (Fsp3) is 0.562. The summed E-state index contributed by atoms with van der Waals surface area (Å²) in [6.45, 7) is 9.53. The number of nitriles is 1. The maximum absolute atomic E-state index is 9.36. The van der Waals surface area contributed by atoms with Crippen LogP contribution in [-0.2, 0) is 0 Å². The molecule has 18 heavy (non-hydrogen) atoms. The molecule has 0 aromatic heterocycles. The summed E-state index contributed by atoms with van der Waals surface area (Å²) in [6, 6.07) is 2.45. The Bertz CT molecular complexity index is 335. The molecule has 0 saturated heterocycles. The minimum absolute atomic E-state index is 0.0116. The molecular formula is C16H24N2. The third kappa shape index (κ3) is 4.50. The maximum Gasteiger partial charge on any atom is 0.119 e. The van der Waals surface area contributed by atoms with Crippen molar-refractivity contribution in [2.75, 3.05) is 13.1 Å². The van der Waals surface area contributed by atoms with Gasteiger partial charge in [-0.3, -0.25) is 4.90 Å². The van der Waals surface area contributed by atoms with E-state index in [1.54, 1.807) is 0 Å². The lowest BCUT2D eigenvalue weighted by molar-refractivity contribution is 0.240. The molecule has 1 heterocycles. The van der Waals surface area contributed by atoms with E-state index in [4.69, 9.17) is 0 Å². The van der Waals surface area contributed by atoms with Gasteiger partial charge >= 0.3 is 0 Å². The Hall–Kier alpha value is -1.33. The van der Waals surface area contributed by atoms with Crippen molar-refractivity contribution in [2.45, 2.75) is 44.6 Å². The average Bonchev–Trinajstić information content (AvgIpc) is 2.41. The van der Waals surface area contributed by atoms with Crippen LogP contribution in [0.25, 0.3) is 0 Å². The molecule has 2 nitrogen and oxygen atoms in total. The summed E-state index contributed by atoms with van der Waals surface area (Å²) >= 11 is 0. The second-order valence-corrected chi connectivity index (χ2v) is 4.75. The lowest BCUT2D eigenvalue weighted by Gasteiger charge is -2.32. The molecule has 0 saturated carbocycles. The zero-order valence-electron chi connectivity index (χ0n) is 11.3. The molecule has 1 atom stereocenters. The lowest BCUT2D eigenvalue weighted by Crippen LogP contribution is -2.39. The summed E-state index contributed by atoms with van der Waals surface area (Å²) < 4.78 is 0. The van der Waals surface area contributed by atoms with E-state index >= 15 is 0 Å². The average molecular weight is 244 g/mol. The first-order valence-corrected chi connectivity index (χ1v) is 6.88. The Morgan fingerprint density at radius 1 is 1.33 bits per heavy atom. The molecular weight excluding hydrogens is 220 g/mol. The van der Waals surface area contributed by atoms with Gasteiger partial charge in [0.2, 0.25) is 0 Å². The third-order valence-electron chi connectivity index (χ3n) is 3.40. The Kier molecular flexibility index (Phi) is 7.13. The number of unbranched alkanes of at least 4 members (excludes halogenated alkanes) is 2. The van der Waals surface area contributed by atoms with Gasteiger partial charge in [-0.2, -0.15) is 5.26 Å². The van der Waals surface area contributed by atoms with Crippen molar-refractivity contribution in [3.05, 3.63) is 37.0 Å². The fourth-order valence-corrected chi connectivity index (χ4v) is 2.41. The van der Waals surface area contributed by atoms with Gasteiger partial charge in [-0.05, 0) is 50.6 Å². The molecule has 0 N–H and O–H groups in total. The SMILES string of the molecule is C=CCCCCN1CCC=C(CCC=C)C1C#N. The van der Waals surface area contributed by atoms with Crippen LogP contribution in [0.5, 0.6) is 0 Å². The monoisotopic (exact) mass is 244 g/mol. The maximum atomic E-state index is 9.36. The first-order valence-electron chi connectivity index (χ1n) is 6.88. The summed E-state index contributed by atoms with van der Waals surface area (Å²) in [7, 11) is 0. The highest BCUT2D eigenvalue weighted by atomic mass is 15.2. The van der Waals surface area contributed by atoms with Gasteiger partial charge in [0.25, 0.3) is 0 Å². The molecule has 1 aliphatic heterocycles. The second-order valence-electron chi connectivity index (χ2n) is 4.75. The topological polar surface area (TPSA) is 27.0 Å². The molecule has 0 amide bonds. The number of hydrogen-bond donors (Lipinski definition) is 0. The Morgan fingerprint density at radius 3 is 2.78 bits per heavy atom. The van der Waals surface area contributed by atoms with E-state index in [1.165, 1.54) is 12.0 Å². The minimum atomic E-state index is -0.0116. The normalized spacial score (nSPS) is 19.9. The van der Waals surface area contributed by atoms with Crippen LogP contribution < -0.4 is 0 Å². The first kappa shape index (κ1) is 14.7. The molecule has 0 fully saturated rings. The quantitative estimate of drug-likeness (QED) is 0.479. The van der Waals surface area contributed by atoms with Crippen molar-refractivity contribution in [3.63, 3.8) is 0 Å². The standard InChI is InChI=1S/C16H24N2/c1-3-5-7-8-12-18-13-9-11-15(10-6-4-2)16(18)14-17/h3-4,11,16H,1-2,5-10,12-13H2. The van der Waals surface area contributed by atoms with Crippen molar-refractivity contribution >= 4 is 0 Å². The van der Waals surface area contributed by atoms with Gasteiger partial charge in [-0.25, -0.2) is 0 Å². The van der Waals surface area contributed by atoms with Crippen molar-refractivity contribution < 1.29 is 0 Å². The first-order chi connectivity index (χ1) is 8.83. The zero-order valence-corrected chi connectivity index (χ0v) is 11.3. The number of nitrogens with zero attached hydrogens (tertiary/aromatic N) is 2. The predicted octanol–water partition coefficient (Wildman–Crippen LogP) is 3.83. The highest BCUT2D eigenvalue weighted by molar-refractivity contribution is 5.23. The Morgan fingerprint density at radius 2 is 2.11 bits per heavy atom. The molecule has 1 aliphatic rings. The molecule has 1 rings (SSSR count). The van der Waals surface area contributed by atoms with E-state index in [9.17, 15) is 5.26 Å². The van der Waals surface area contributed by atoms with Crippen LogP contribution in [0.4, 0.5) is 0 Å². The van der Waals surface area contributed by atoms with Crippen LogP contribution in [0.3, 0.4) is 0 Å². The molecule has 2 heteroatoms. The molecule has 0 aliphatic carbocycles. The van der Waals surface area contributed by atoms with Crippen LogP contribution in [0, 0.1) is 11.3 Å². The molecule has 0 radical (unpaired) electrons. The van der Waals surface area contributed by atoms with Crippen molar-refractivity contribution in [1.82, 2.24) is 4.90 Å². The van der Waals surface area contributed by atoms with E-state index in [0.717, 1.165) is 45.2 Å². The largest absolute Gasteiger partial charge is 0.284 e. The number of allylic oxidation sites excluding steroid dienone is 2. The highest BCUT2D eigenvalue weighted by Crippen LogP contribution is 2.22. The van der Waals surface area contributed by atoms with Crippen LogP contribution in [0.1, 0.15) is 38.5 Å². The van der Waals surface area contributed by atoms with Crippen LogP contribution in [-0.4, -0.2) is 24.0 Å². The van der Waals surface area contributed by atoms with E-state index in [0.29, 0.717) is 0 Å². The van der Waals surface area contributed by atoms with E-state index in [2.05, 4.69) is 30.2 Å². The number of rotatable bonds is 8. The highest BCUT2D eigenvalue weighted by Gasteiger charge is 2.23. The molecule has 98 valence electrons. The van der Waals surface area contributed by atoms with Crippen LogP contribution in [0.2, 0.25) is 0 Å². The minimum Gasteiger partial charge on any atom is -0.284 e. The Labute approximate surface area is 111 Å². The Balaban J connectivity index is 2.48. The zero-order chi connectivity index (χ0) is 13.2. The van der Waals surface area contributed by atoms with Crippen molar-refractivity contribution in [3.8, 4) is 6.07 Å². The van der Waals surface area contributed by atoms with E-state index in [-0.39, 0.29) is 6.04 Å². The van der Waals surface area contributed by atoms with Crippen LogP contribution >= 0.6 is 0 Å².